The Kier molecular flexibility index (Phi) is 6.92. The zero-order valence-corrected chi connectivity index (χ0v) is 19.5. The van der Waals surface area contributed by atoms with Crippen molar-refractivity contribution in [2.24, 2.45) is 0 Å². The first-order chi connectivity index (χ1) is 16.0. The average molecular weight is 446 g/mol. The molecular weight excluding hydrogens is 414 g/mol. The molecular formula is C27H31N3O3. The Balaban J connectivity index is 1.81. The highest BCUT2D eigenvalue weighted by atomic mass is 16.5. The zero-order valence-electron chi connectivity index (χ0n) is 19.5. The quantitative estimate of drug-likeness (QED) is 0.548. The fraction of sp³-hybridized carbons (Fsp3) is 0.370. The van der Waals surface area contributed by atoms with Gasteiger partial charge < -0.3 is 9.84 Å². The Hall–Kier alpha value is -3.41. The van der Waals surface area contributed by atoms with Crippen molar-refractivity contribution in [1.82, 2.24) is 10.5 Å². The number of aryl methyl sites for hydroxylation is 3. The van der Waals surface area contributed by atoms with Crippen molar-refractivity contribution in [3.63, 3.8) is 0 Å². The summed E-state index contributed by atoms with van der Waals surface area (Å²) in [7, 11) is 0. The molecule has 1 heterocycles. The molecule has 0 radical (unpaired) electrons. The Labute approximate surface area is 195 Å². The van der Waals surface area contributed by atoms with Crippen LogP contribution in [0.5, 0.6) is 0 Å². The molecule has 2 aromatic carbocycles. The van der Waals surface area contributed by atoms with E-state index in [1.54, 1.807) is 18.7 Å². The topological polar surface area (TPSA) is 75.4 Å². The van der Waals surface area contributed by atoms with E-state index < -0.39 is 6.04 Å². The van der Waals surface area contributed by atoms with E-state index in [-0.39, 0.29) is 17.9 Å². The van der Waals surface area contributed by atoms with Crippen molar-refractivity contribution in [3.8, 4) is 0 Å². The summed E-state index contributed by atoms with van der Waals surface area (Å²) in [5.74, 6) is -0.0367. The van der Waals surface area contributed by atoms with Gasteiger partial charge in [0.1, 0.15) is 17.4 Å². The van der Waals surface area contributed by atoms with E-state index in [0.717, 1.165) is 36.8 Å². The third-order valence-electron chi connectivity index (χ3n) is 6.35. The third-order valence-corrected chi connectivity index (χ3v) is 6.35. The van der Waals surface area contributed by atoms with E-state index in [0.29, 0.717) is 22.7 Å². The average Bonchev–Trinajstić information content (AvgIpc) is 3.16. The van der Waals surface area contributed by atoms with Gasteiger partial charge in [-0.15, -0.1) is 0 Å². The van der Waals surface area contributed by atoms with Crippen LogP contribution in [0, 0.1) is 20.8 Å². The molecule has 0 saturated heterocycles. The number of aromatic nitrogens is 1. The van der Waals surface area contributed by atoms with E-state index in [2.05, 4.69) is 10.5 Å². The van der Waals surface area contributed by atoms with Crippen molar-refractivity contribution < 1.29 is 14.1 Å². The van der Waals surface area contributed by atoms with Gasteiger partial charge in [-0.1, -0.05) is 72.4 Å². The first-order valence-corrected chi connectivity index (χ1v) is 11.6. The van der Waals surface area contributed by atoms with E-state index >= 15 is 0 Å². The second kappa shape index (κ2) is 10.0. The van der Waals surface area contributed by atoms with E-state index in [4.69, 9.17) is 4.52 Å². The van der Waals surface area contributed by atoms with Gasteiger partial charge in [-0.05, 0) is 51.3 Å². The molecule has 0 unspecified atom stereocenters. The summed E-state index contributed by atoms with van der Waals surface area (Å²) in [6.45, 7) is 5.47. The number of carbonyl (C=O) groups is 2. The van der Waals surface area contributed by atoms with Crippen LogP contribution in [0.25, 0.3) is 0 Å². The molecule has 4 rings (SSSR count). The molecule has 2 amide bonds. The molecule has 6 nitrogen and oxygen atoms in total. The number of amides is 2. The Morgan fingerprint density at radius 2 is 1.64 bits per heavy atom. The van der Waals surface area contributed by atoms with Crippen molar-refractivity contribution >= 4 is 17.5 Å². The molecule has 0 bridgehead atoms. The molecule has 1 fully saturated rings. The van der Waals surface area contributed by atoms with Crippen LogP contribution in [0.2, 0.25) is 0 Å². The second-order valence-corrected chi connectivity index (χ2v) is 8.87. The molecule has 1 saturated carbocycles. The first-order valence-electron chi connectivity index (χ1n) is 11.6. The van der Waals surface area contributed by atoms with Gasteiger partial charge in [-0.2, -0.15) is 0 Å². The highest BCUT2D eigenvalue weighted by Gasteiger charge is 2.36. The van der Waals surface area contributed by atoms with Gasteiger partial charge in [0.15, 0.2) is 0 Å². The summed E-state index contributed by atoms with van der Waals surface area (Å²) in [5.41, 5.74) is 3.40. The lowest BCUT2D eigenvalue weighted by atomic mass is 9.94. The molecule has 3 aromatic rings. The molecule has 1 aliphatic carbocycles. The van der Waals surface area contributed by atoms with Gasteiger partial charge in [0, 0.05) is 11.7 Å². The number of nitrogens with zero attached hydrogens (tertiary/aromatic N) is 2. The first kappa shape index (κ1) is 22.8. The number of para-hydroxylation sites is 1. The fourth-order valence-electron chi connectivity index (χ4n) is 4.57. The smallest absolute Gasteiger partial charge is 0.264 e. The van der Waals surface area contributed by atoms with E-state index in [1.807, 2.05) is 61.5 Å². The van der Waals surface area contributed by atoms with Crippen LogP contribution >= 0.6 is 0 Å². The van der Waals surface area contributed by atoms with Gasteiger partial charge in [0.05, 0.1) is 5.69 Å². The lowest BCUT2D eigenvalue weighted by molar-refractivity contribution is -0.123. The second-order valence-electron chi connectivity index (χ2n) is 8.87. The van der Waals surface area contributed by atoms with Crippen molar-refractivity contribution in [1.29, 1.82) is 0 Å². The minimum Gasteiger partial charge on any atom is -0.361 e. The standard InChI is InChI=1S/C27H31N3O3/c1-18-14-16-21(17-15-18)25(26(31)28-22-10-6-4-7-11-22)30(23-12-8-5-9-13-23)27(32)24-19(2)29-33-20(24)3/h5,8-9,12-17,22,25H,4,6-7,10-11H2,1-3H3,(H,28,31)/t25-/m1/s1. The summed E-state index contributed by atoms with van der Waals surface area (Å²) >= 11 is 0. The van der Waals surface area contributed by atoms with Crippen LogP contribution in [0.1, 0.15) is 71.1 Å². The number of nitrogens with one attached hydrogen (secondary N) is 1. The van der Waals surface area contributed by atoms with Crippen LogP contribution in [-0.4, -0.2) is 23.0 Å². The SMILES string of the molecule is Cc1ccc([C@H](C(=O)NC2CCCCC2)N(C(=O)c2c(C)noc2C)c2ccccc2)cc1. The number of anilines is 1. The Morgan fingerprint density at radius 3 is 2.24 bits per heavy atom. The molecule has 0 aliphatic heterocycles. The molecule has 1 aliphatic rings. The summed E-state index contributed by atoms with van der Waals surface area (Å²) in [6, 6.07) is 16.4. The highest BCUT2D eigenvalue weighted by molar-refractivity contribution is 6.11. The lowest BCUT2D eigenvalue weighted by Gasteiger charge is -2.33. The number of hydrogen-bond donors (Lipinski definition) is 1. The van der Waals surface area contributed by atoms with Gasteiger partial charge in [-0.25, -0.2) is 0 Å². The minimum atomic E-state index is -0.823. The predicted octanol–water partition coefficient (Wildman–Crippen LogP) is 5.44. The van der Waals surface area contributed by atoms with Crippen LogP contribution in [0.15, 0.2) is 59.1 Å². The van der Waals surface area contributed by atoms with Crippen molar-refractivity contribution in [2.45, 2.75) is 65.0 Å². The molecule has 33 heavy (non-hydrogen) atoms. The van der Waals surface area contributed by atoms with Crippen LogP contribution in [0.3, 0.4) is 0 Å². The molecule has 6 heteroatoms. The maximum absolute atomic E-state index is 14.0. The maximum atomic E-state index is 14.0. The Bertz CT molecular complexity index is 1080. The van der Waals surface area contributed by atoms with E-state index in [9.17, 15) is 9.59 Å². The monoisotopic (exact) mass is 445 g/mol. The fourth-order valence-corrected chi connectivity index (χ4v) is 4.57. The Morgan fingerprint density at radius 1 is 0.970 bits per heavy atom. The predicted molar refractivity (Wildman–Crippen MR) is 128 cm³/mol. The van der Waals surface area contributed by atoms with Crippen LogP contribution in [0.4, 0.5) is 5.69 Å². The number of benzene rings is 2. The minimum absolute atomic E-state index is 0.131. The zero-order chi connectivity index (χ0) is 23.4. The van der Waals surface area contributed by atoms with Crippen LogP contribution in [-0.2, 0) is 4.79 Å². The molecule has 172 valence electrons. The molecule has 1 atom stereocenters. The number of carbonyl (C=O) groups excluding carboxylic acids is 2. The van der Waals surface area contributed by atoms with Crippen LogP contribution < -0.4 is 10.2 Å². The maximum Gasteiger partial charge on any atom is 0.264 e. The normalized spacial score (nSPS) is 15.1. The van der Waals surface area contributed by atoms with Crippen molar-refractivity contribution in [3.05, 3.63) is 82.7 Å². The molecule has 1 N–H and O–H groups in total. The molecule has 1 aromatic heterocycles. The summed E-state index contributed by atoms with van der Waals surface area (Å²) in [6.07, 6.45) is 5.36. The van der Waals surface area contributed by atoms with Gasteiger partial charge in [-0.3, -0.25) is 14.5 Å². The summed E-state index contributed by atoms with van der Waals surface area (Å²) < 4.78 is 5.29. The van der Waals surface area contributed by atoms with Crippen molar-refractivity contribution in [2.75, 3.05) is 4.90 Å². The van der Waals surface area contributed by atoms with Gasteiger partial charge in [0.25, 0.3) is 5.91 Å². The summed E-state index contributed by atoms with van der Waals surface area (Å²) in [4.78, 5) is 29.4. The lowest BCUT2D eigenvalue weighted by Crippen LogP contribution is -2.47. The number of hydrogen-bond acceptors (Lipinski definition) is 4. The highest BCUT2D eigenvalue weighted by Crippen LogP contribution is 2.32. The third kappa shape index (κ3) is 5.00. The van der Waals surface area contributed by atoms with Gasteiger partial charge >= 0.3 is 0 Å². The summed E-state index contributed by atoms with van der Waals surface area (Å²) in [5, 5.41) is 7.21. The number of rotatable bonds is 6. The largest absolute Gasteiger partial charge is 0.361 e. The molecule has 0 spiro atoms. The van der Waals surface area contributed by atoms with E-state index in [1.165, 1.54) is 6.42 Å². The van der Waals surface area contributed by atoms with Gasteiger partial charge in [0.2, 0.25) is 5.91 Å².